The molecule has 0 saturated carbocycles. The molecule has 0 aliphatic rings. The number of hydrogen-bond acceptors (Lipinski definition) is 0. The molecule has 0 saturated heterocycles. The lowest BCUT2D eigenvalue weighted by atomic mass is 9.90. The zero-order valence-electron chi connectivity index (χ0n) is 17.7. The van der Waals surface area contributed by atoms with E-state index in [4.69, 9.17) is 0 Å². The van der Waals surface area contributed by atoms with Gasteiger partial charge in [0.25, 0.3) is 0 Å². The third-order valence-electron chi connectivity index (χ3n) is 5.73. The summed E-state index contributed by atoms with van der Waals surface area (Å²) in [6.45, 7) is 1.75. The van der Waals surface area contributed by atoms with Gasteiger partial charge in [-0.2, -0.15) is 0 Å². The third kappa shape index (κ3) is 4.15. The van der Waals surface area contributed by atoms with Crippen LogP contribution in [0.3, 0.4) is 0 Å². The summed E-state index contributed by atoms with van der Waals surface area (Å²) in [5.74, 6) is -17.5. The molecular formula is C26H13F9. The minimum atomic E-state index is -2.25. The molecule has 0 aliphatic heterocycles. The summed E-state index contributed by atoms with van der Waals surface area (Å²) < 4.78 is 123. The van der Waals surface area contributed by atoms with Gasteiger partial charge in [0.15, 0.2) is 46.5 Å². The number of rotatable bonds is 4. The van der Waals surface area contributed by atoms with E-state index in [-0.39, 0.29) is 17.0 Å². The molecule has 0 fully saturated rings. The van der Waals surface area contributed by atoms with Crippen LogP contribution in [0.2, 0.25) is 0 Å². The van der Waals surface area contributed by atoms with Crippen LogP contribution in [0.1, 0.15) is 24.0 Å². The van der Waals surface area contributed by atoms with Crippen LogP contribution in [-0.2, 0) is 0 Å². The highest BCUT2D eigenvalue weighted by atomic mass is 19.2. The fourth-order valence-corrected chi connectivity index (χ4v) is 3.72. The molecule has 9 heteroatoms. The Morgan fingerprint density at radius 1 is 0.457 bits per heavy atom. The Balaban J connectivity index is 1.63. The average molecular weight is 496 g/mol. The summed E-state index contributed by atoms with van der Waals surface area (Å²) in [6, 6.07) is 11.7. The lowest BCUT2D eigenvalue weighted by molar-refractivity contribution is 0.381. The first-order valence-electron chi connectivity index (χ1n) is 10.1. The van der Waals surface area contributed by atoms with E-state index in [9.17, 15) is 39.5 Å². The fourth-order valence-electron chi connectivity index (χ4n) is 3.72. The van der Waals surface area contributed by atoms with Gasteiger partial charge in [-0.05, 0) is 28.3 Å². The summed E-state index contributed by atoms with van der Waals surface area (Å²) in [4.78, 5) is 0. The van der Waals surface area contributed by atoms with E-state index in [2.05, 4.69) is 0 Å². The summed E-state index contributed by atoms with van der Waals surface area (Å²) in [5.41, 5.74) is -0.381. The molecule has 1 atom stereocenters. The van der Waals surface area contributed by atoms with Gasteiger partial charge >= 0.3 is 0 Å². The van der Waals surface area contributed by atoms with Crippen molar-refractivity contribution < 1.29 is 39.5 Å². The molecule has 0 aliphatic carbocycles. The predicted molar refractivity (Wildman–Crippen MR) is 111 cm³/mol. The van der Waals surface area contributed by atoms with E-state index in [1.165, 1.54) is 48.5 Å². The molecule has 0 radical (unpaired) electrons. The smallest absolute Gasteiger partial charge is 0.200 e. The lowest BCUT2D eigenvalue weighted by Crippen LogP contribution is -2.04. The second kappa shape index (κ2) is 9.13. The summed E-state index contributed by atoms with van der Waals surface area (Å²) in [5, 5.41) is 0. The zero-order chi connectivity index (χ0) is 25.6. The van der Waals surface area contributed by atoms with Gasteiger partial charge in [0, 0.05) is 11.5 Å². The maximum absolute atomic E-state index is 14.1. The van der Waals surface area contributed by atoms with Crippen LogP contribution >= 0.6 is 0 Å². The highest BCUT2D eigenvalue weighted by Gasteiger charge is 2.26. The van der Waals surface area contributed by atoms with Crippen molar-refractivity contribution in [3.05, 3.63) is 118 Å². The van der Waals surface area contributed by atoms with Crippen molar-refractivity contribution in [1.29, 1.82) is 0 Å². The molecule has 4 aromatic rings. The van der Waals surface area contributed by atoms with Crippen LogP contribution in [-0.4, -0.2) is 0 Å². The Kier molecular flexibility index (Phi) is 6.36. The first-order valence-corrected chi connectivity index (χ1v) is 10.1. The van der Waals surface area contributed by atoms with Crippen LogP contribution in [0.15, 0.2) is 54.6 Å². The number of hydrogen-bond donors (Lipinski definition) is 0. The second-order valence-electron chi connectivity index (χ2n) is 7.76. The fraction of sp³-hybridized carbons (Fsp3) is 0.0769. The maximum Gasteiger partial charge on any atom is 0.200 e. The first-order chi connectivity index (χ1) is 16.5. The van der Waals surface area contributed by atoms with Gasteiger partial charge in [0.1, 0.15) is 0 Å². The Morgan fingerprint density at radius 2 is 0.857 bits per heavy atom. The molecule has 0 nitrogen and oxygen atoms in total. The van der Waals surface area contributed by atoms with E-state index in [1.807, 2.05) is 0 Å². The van der Waals surface area contributed by atoms with E-state index < -0.39 is 63.5 Å². The first kappa shape index (κ1) is 24.4. The highest BCUT2D eigenvalue weighted by molar-refractivity contribution is 5.67. The quantitative estimate of drug-likeness (QED) is 0.151. The molecule has 0 N–H and O–H groups in total. The van der Waals surface area contributed by atoms with E-state index in [1.54, 1.807) is 6.92 Å². The van der Waals surface area contributed by atoms with Crippen molar-refractivity contribution in [2.24, 2.45) is 0 Å². The van der Waals surface area contributed by atoms with Crippen LogP contribution in [0.25, 0.3) is 22.3 Å². The molecule has 0 amide bonds. The molecule has 0 spiro atoms. The molecule has 0 heterocycles. The number of halogens is 9. The van der Waals surface area contributed by atoms with E-state index >= 15 is 0 Å². The standard InChI is InChI=1S/C26H13F9/c1-11(12-2-6-14(7-3-12)16-10-17(27)20(29)23(32)19(16)28)13-4-8-15(9-5-13)18-21(30)24(33)26(35)25(34)22(18)31/h2-11H,1H3. The molecular weight excluding hydrogens is 483 g/mol. The summed E-state index contributed by atoms with van der Waals surface area (Å²) in [7, 11) is 0. The zero-order valence-corrected chi connectivity index (χ0v) is 17.7. The van der Waals surface area contributed by atoms with Crippen LogP contribution in [0, 0.1) is 52.4 Å². The van der Waals surface area contributed by atoms with Crippen molar-refractivity contribution in [3.63, 3.8) is 0 Å². The largest absolute Gasteiger partial charge is 0.204 e. The SMILES string of the molecule is CC(c1ccc(-c2cc(F)c(F)c(F)c2F)cc1)c1ccc(-c2c(F)c(F)c(F)c(F)c2F)cc1. The average Bonchev–Trinajstić information content (AvgIpc) is 2.87. The van der Waals surface area contributed by atoms with Gasteiger partial charge in [-0.3, -0.25) is 0 Å². The summed E-state index contributed by atoms with van der Waals surface area (Å²) >= 11 is 0. The Hall–Kier alpha value is -3.75. The minimum Gasteiger partial charge on any atom is -0.204 e. The maximum atomic E-state index is 14.1. The van der Waals surface area contributed by atoms with Gasteiger partial charge in [-0.1, -0.05) is 55.5 Å². The minimum absolute atomic E-state index is 0.0953. The van der Waals surface area contributed by atoms with Crippen molar-refractivity contribution >= 4 is 0 Å². The van der Waals surface area contributed by atoms with Gasteiger partial charge < -0.3 is 0 Å². The van der Waals surface area contributed by atoms with E-state index in [0.29, 0.717) is 17.2 Å². The van der Waals surface area contributed by atoms with Crippen molar-refractivity contribution in [3.8, 4) is 22.3 Å². The monoisotopic (exact) mass is 496 g/mol. The van der Waals surface area contributed by atoms with Crippen LogP contribution in [0.5, 0.6) is 0 Å². The predicted octanol–water partition coefficient (Wildman–Crippen LogP) is 8.42. The molecule has 4 rings (SSSR count). The van der Waals surface area contributed by atoms with Crippen molar-refractivity contribution in [2.45, 2.75) is 12.8 Å². The van der Waals surface area contributed by atoms with Gasteiger partial charge in [-0.25, -0.2) is 39.5 Å². The molecule has 4 aromatic carbocycles. The van der Waals surface area contributed by atoms with Crippen LogP contribution in [0.4, 0.5) is 39.5 Å². The van der Waals surface area contributed by atoms with E-state index in [0.717, 1.165) is 0 Å². The van der Waals surface area contributed by atoms with Gasteiger partial charge in [0.2, 0.25) is 5.82 Å². The Morgan fingerprint density at radius 3 is 1.34 bits per heavy atom. The molecule has 1 unspecified atom stereocenters. The Bertz CT molecular complexity index is 1400. The van der Waals surface area contributed by atoms with Gasteiger partial charge in [0.05, 0.1) is 5.56 Å². The van der Waals surface area contributed by atoms with Crippen molar-refractivity contribution in [1.82, 2.24) is 0 Å². The van der Waals surface area contributed by atoms with Gasteiger partial charge in [-0.15, -0.1) is 0 Å². The normalized spacial score (nSPS) is 12.2. The lowest BCUT2D eigenvalue weighted by Gasteiger charge is -2.15. The molecule has 0 bridgehead atoms. The highest BCUT2D eigenvalue weighted by Crippen LogP contribution is 2.34. The van der Waals surface area contributed by atoms with Crippen LogP contribution < -0.4 is 0 Å². The molecule has 0 aromatic heterocycles. The second-order valence-corrected chi connectivity index (χ2v) is 7.76. The van der Waals surface area contributed by atoms with Crippen molar-refractivity contribution in [2.75, 3.05) is 0 Å². The molecule has 180 valence electrons. The summed E-state index contributed by atoms with van der Waals surface area (Å²) in [6.07, 6.45) is 0. The number of benzene rings is 4. The topological polar surface area (TPSA) is 0 Å². The Labute approximate surface area is 193 Å². The molecule has 35 heavy (non-hydrogen) atoms. The third-order valence-corrected chi connectivity index (χ3v) is 5.73.